The summed E-state index contributed by atoms with van der Waals surface area (Å²) in [5.74, 6) is -0.196. The topological polar surface area (TPSA) is 74.6 Å². The third-order valence-electron chi connectivity index (χ3n) is 5.58. The molecule has 0 aliphatic heterocycles. The Morgan fingerprint density at radius 3 is 1.25 bits per heavy atom. The number of rotatable bonds is 22. The molecule has 0 spiro atoms. The van der Waals surface area contributed by atoms with Gasteiger partial charge in [-0.1, -0.05) is 110 Å². The first kappa shape index (κ1) is 27.9. The Bertz CT molecular complexity index is 409. The third-order valence-corrected chi connectivity index (χ3v) is 6.39. The van der Waals surface area contributed by atoms with Crippen LogP contribution in [0.15, 0.2) is 0 Å². The molecule has 0 saturated carbocycles. The van der Waals surface area contributed by atoms with Crippen LogP contribution in [0.25, 0.3) is 0 Å². The van der Waals surface area contributed by atoms with Gasteiger partial charge in [-0.15, -0.1) is 0 Å². The van der Waals surface area contributed by atoms with E-state index in [4.69, 9.17) is 4.55 Å². The predicted octanol–water partition coefficient (Wildman–Crippen LogP) is 7.06. The summed E-state index contributed by atoms with van der Waals surface area (Å²) < 4.78 is 29.9. The van der Waals surface area contributed by atoms with Gasteiger partial charge in [0.25, 0.3) is 10.1 Å². The Labute approximate surface area is 175 Å². The van der Waals surface area contributed by atoms with Gasteiger partial charge in [0.1, 0.15) is 0 Å². The van der Waals surface area contributed by atoms with Crippen molar-refractivity contribution in [3.05, 3.63) is 0 Å². The molecule has 0 aliphatic rings. The highest BCUT2D eigenvalue weighted by atomic mass is 32.2. The standard InChI is InChI=1S/C23H48O4S/c1-2-3-4-5-6-7-8-9-10-11-12-13-14-15-16-17-20-23(24)21-18-19-22-28(25,26)27/h23-24H,2-22H2,1H3,(H,25,26,27). The zero-order chi connectivity index (χ0) is 20.9. The van der Waals surface area contributed by atoms with E-state index < -0.39 is 10.1 Å². The van der Waals surface area contributed by atoms with E-state index in [2.05, 4.69) is 6.92 Å². The highest BCUT2D eigenvalue weighted by molar-refractivity contribution is 7.85. The molecule has 0 bridgehead atoms. The molecule has 5 heteroatoms. The van der Waals surface area contributed by atoms with Crippen LogP contribution in [0.5, 0.6) is 0 Å². The van der Waals surface area contributed by atoms with Crippen molar-refractivity contribution >= 4 is 10.1 Å². The summed E-state index contributed by atoms with van der Waals surface area (Å²) in [4.78, 5) is 0. The molecule has 170 valence electrons. The molecular weight excluding hydrogens is 372 g/mol. The Morgan fingerprint density at radius 1 is 0.571 bits per heavy atom. The van der Waals surface area contributed by atoms with Crippen molar-refractivity contribution in [1.82, 2.24) is 0 Å². The van der Waals surface area contributed by atoms with Crippen molar-refractivity contribution < 1.29 is 18.1 Å². The van der Waals surface area contributed by atoms with Gasteiger partial charge in [-0.25, -0.2) is 0 Å². The van der Waals surface area contributed by atoms with E-state index in [0.29, 0.717) is 19.3 Å². The van der Waals surface area contributed by atoms with Crippen LogP contribution in [0.3, 0.4) is 0 Å². The highest BCUT2D eigenvalue weighted by Crippen LogP contribution is 2.15. The molecule has 0 aromatic rings. The maximum Gasteiger partial charge on any atom is 0.264 e. The lowest BCUT2D eigenvalue weighted by Crippen LogP contribution is -2.08. The summed E-state index contributed by atoms with van der Waals surface area (Å²) >= 11 is 0. The van der Waals surface area contributed by atoms with Crippen molar-refractivity contribution in [2.75, 3.05) is 5.75 Å². The van der Waals surface area contributed by atoms with Gasteiger partial charge in [-0.2, -0.15) is 8.42 Å². The summed E-state index contributed by atoms with van der Waals surface area (Å²) in [6, 6.07) is 0. The van der Waals surface area contributed by atoms with Gasteiger partial charge < -0.3 is 5.11 Å². The molecule has 1 unspecified atom stereocenters. The maximum absolute atomic E-state index is 10.6. The van der Waals surface area contributed by atoms with Crippen LogP contribution in [-0.4, -0.2) is 29.9 Å². The monoisotopic (exact) mass is 420 g/mol. The zero-order valence-corrected chi connectivity index (χ0v) is 19.4. The van der Waals surface area contributed by atoms with Crippen molar-refractivity contribution in [2.24, 2.45) is 0 Å². The smallest absolute Gasteiger partial charge is 0.264 e. The molecule has 0 rings (SSSR count). The molecule has 0 radical (unpaired) electrons. The van der Waals surface area contributed by atoms with Crippen molar-refractivity contribution in [1.29, 1.82) is 0 Å². The first-order valence-electron chi connectivity index (χ1n) is 12.1. The minimum absolute atomic E-state index is 0.196. The first-order chi connectivity index (χ1) is 13.5. The van der Waals surface area contributed by atoms with E-state index in [1.807, 2.05) is 0 Å². The van der Waals surface area contributed by atoms with Crippen LogP contribution in [0.4, 0.5) is 0 Å². The second-order valence-corrected chi connectivity index (χ2v) is 10.1. The quantitative estimate of drug-likeness (QED) is 0.145. The van der Waals surface area contributed by atoms with E-state index >= 15 is 0 Å². The normalized spacial score (nSPS) is 13.1. The Balaban J connectivity index is 3.17. The number of unbranched alkanes of at least 4 members (excludes halogenated alkanes) is 16. The zero-order valence-electron chi connectivity index (χ0n) is 18.5. The summed E-state index contributed by atoms with van der Waals surface area (Å²) in [5, 5.41) is 9.88. The Kier molecular flexibility index (Phi) is 20.1. The largest absolute Gasteiger partial charge is 0.393 e. The van der Waals surface area contributed by atoms with Crippen LogP contribution < -0.4 is 0 Å². The van der Waals surface area contributed by atoms with Gasteiger partial charge >= 0.3 is 0 Å². The van der Waals surface area contributed by atoms with Gasteiger partial charge in [-0.3, -0.25) is 4.55 Å². The number of hydrogen-bond acceptors (Lipinski definition) is 3. The molecule has 0 aliphatic carbocycles. The van der Waals surface area contributed by atoms with E-state index in [1.165, 1.54) is 96.3 Å². The average Bonchev–Trinajstić information content (AvgIpc) is 2.64. The fourth-order valence-electron chi connectivity index (χ4n) is 3.74. The molecule has 0 aromatic heterocycles. The van der Waals surface area contributed by atoms with Crippen LogP contribution in [0, 0.1) is 0 Å². The lowest BCUT2D eigenvalue weighted by atomic mass is 10.0. The van der Waals surface area contributed by atoms with Gasteiger partial charge in [0.05, 0.1) is 11.9 Å². The molecule has 28 heavy (non-hydrogen) atoms. The fraction of sp³-hybridized carbons (Fsp3) is 1.00. The van der Waals surface area contributed by atoms with E-state index in [9.17, 15) is 13.5 Å². The van der Waals surface area contributed by atoms with Crippen LogP contribution in [-0.2, 0) is 10.1 Å². The van der Waals surface area contributed by atoms with Crippen molar-refractivity contribution in [3.63, 3.8) is 0 Å². The SMILES string of the molecule is CCCCCCCCCCCCCCCCCCC(O)CCCCS(=O)(=O)O. The molecule has 0 saturated heterocycles. The molecule has 0 amide bonds. The van der Waals surface area contributed by atoms with Crippen LogP contribution in [0.1, 0.15) is 135 Å². The molecular formula is C23H48O4S. The Morgan fingerprint density at radius 2 is 0.893 bits per heavy atom. The number of aliphatic hydroxyl groups is 1. The summed E-state index contributed by atoms with van der Waals surface area (Å²) in [6.45, 7) is 2.27. The summed E-state index contributed by atoms with van der Waals surface area (Å²) in [5.41, 5.74) is 0. The Hall–Kier alpha value is -0.130. The molecule has 0 aromatic carbocycles. The fourth-order valence-corrected chi connectivity index (χ4v) is 4.31. The van der Waals surface area contributed by atoms with E-state index in [-0.39, 0.29) is 11.9 Å². The van der Waals surface area contributed by atoms with E-state index in [0.717, 1.165) is 12.8 Å². The van der Waals surface area contributed by atoms with Crippen LogP contribution >= 0.6 is 0 Å². The van der Waals surface area contributed by atoms with Crippen molar-refractivity contribution in [2.45, 2.75) is 141 Å². The van der Waals surface area contributed by atoms with E-state index in [1.54, 1.807) is 0 Å². The average molecular weight is 421 g/mol. The molecule has 1 atom stereocenters. The predicted molar refractivity (Wildman–Crippen MR) is 120 cm³/mol. The van der Waals surface area contributed by atoms with Gasteiger partial charge in [-0.05, 0) is 25.7 Å². The number of aliphatic hydroxyl groups excluding tert-OH is 1. The third kappa shape index (κ3) is 23.9. The molecule has 0 fully saturated rings. The van der Waals surface area contributed by atoms with Gasteiger partial charge in [0, 0.05) is 0 Å². The molecule has 0 heterocycles. The summed E-state index contributed by atoms with van der Waals surface area (Å²) in [6.07, 6.45) is 23.8. The lowest BCUT2D eigenvalue weighted by molar-refractivity contribution is 0.148. The molecule has 4 nitrogen and oxygen atoms in total. The van der Waals surface area contributed by atoms with Gasteiger partial charge in [0.15, 0.2) is 0 Å². The summed E-state index contributed by atoms with van der Waals surface area (Å²) in [7, 11) is -3.85. The minimum atomic E-state index is -3.85. The number of hydrogen-bond donors (Lipinski definition) is 2. The lowest BCUT2D eigenvalue weighted by Gasteiger charge is -2.10. The minimum Gasteiger partial charge on any atom is -0.393 e. The van der Waals surface area contributed by atoms with Crippen molar-refractivity contribution in [3.8, 4) is 0 Å². The van der Waals surface area contributed by atoms with Gasteiger partial charge in [0.2, 0.25) is 0 Å². The second kappa shape index (κ2) is 20.2. The first-order valence-corrected chi connectivity index (χ1v) is 13.7. The molecule has 2 N–H and O–H groups in total. The highest BCUT2D eigenvalue weighted by Gasteiger charge is 2.07. The van der Waals surface area contributed by atoms with Crippen LogP contribution in [0.2, 0.25) is 0 Å². The maximum atomic E-state index is 10.6. The second-order valence-electron chi connectivity index (χ2n) is 8.53.